The Bertz CT molecular complexity index is 913. The van der Waals surface area contributed by atoms with Crippen molar-refractivity contribution in [3.63, 3.8) is 0 Å². The van der Waals surface area contributed by atoms with Crippen molar-refractivity contribution >= 4 is 23.6 Å². The van der Waals surface area contributed by atoms with Crippen LogP contribution in [0.3, 0.4) is 0 Å². The smallest absolute Gasteiger partial charge is 0.246 e. The van der Waals surface area contributed by atoms with Gasteiger partial charge in [-0.1, -0.05) is 48.5 Å². The highest BCUT2D eigenvalue weighted by molar-refractivity contribution is 5.92. The lowest BCUT2D eigenvalue weighted by atomic mass is 9.95. The topological polar surface area (TPSA) is 43.9 Å². The maximum atomic E-state index is 13.3. The number of para-hydroxylation sites is 1. The molecule has 5 heteroatoms. The summed E-state index contributed by atoms with van der Waals surface area (Å²) >= 11 is 0. The van der Waals surface area contributed by atoms with E-state index >= 15 is 0 Å². The molecule has 2 heterocycles. The van der Waals surface area contributed by atoms with E-state index in [9.17, 15) is 9.59 Å². The van der Waals surface area contributed by atoms with Gasteiger partial charge in [0.15, 0.2) is 0 Å². The van der Waals surface area contributed by atoms with Gasteiger partial charge in [-0.25, -0.2) is 0 Å². The van der Waals surface area contributed by atoms with Crippen LogP contribution in [0.1, 0.15) is 25.3 Å². The van der Waals surface area contributed by atoms with E-state index in [-0.39, 0.29) is 23.8 Å². The number of likely N-dealkylation sites (tertiary alicyclic amines) is 1. The number of piperazine rings is 1. The minimum Gasteiger partial charge on any atom is -0.368 e. The molecule has 2 saturated heterocycles. The monoisotopic (exact) mass is 417 g/mol. The van der Waals surface area contributed by atoms with Crippen LogP contribution < -0.4 is 4.90 Å². The highest BCUT2D eigenvalue weighted by Gasteiger charge is 2.34. The molecule has 2 fully saturated rings. The Morgan fingerprint density at radius 2 is 1.61 bits per heavy atom. The van der Waals surface area contributed by atoms with Gasteiger partial charge in [-0.05, 0) is 43.5 Å². The molecule has 2 amide bonds. The van der Waals surface area contributed by atoms with Crippen molar-refractivity contribution in [2.45, 2.75) is 25.8 Å². The number of anilines is 1. The van der Waals surface area contributed by atoms with Crippen molar-refractivity contribution in [2.75, 3.05) is 37.6 Å². The van der Waals surface area contributed by atoms with Crippen LogP contribution in [0.5, 0.6) is 0 Å². The van der Waals surface area contributed by atoms with Crippen LogP contribution in [0.25, 0.3) is 6.08 Å². The van der Waals surface area contributed by atoms with Gasteiger partial charge in [0.25, 0.3) is 0 Å². The van der Waals surface area contributed by atoms with Gasteiger partial charge >= 0.3 is 0 Å². The molecular weight excluding hydrogens is 386 g/mol. The van der Waals surface area contributed by atoms with Gasteiger partial charge in [0, 0.05) is 50.5 Å². The van der Waals surface area contributed by atoms with E-state index in [1.54, 1.807) is 6.08 Å². The number of benzene rings is 2. The molecule has 2 aromatic rings. The molecular formula is C26H31N3O2. The number of nitrogens with zero attached hydrogens (tertiary/aromatic N) is 3. The lowest BCUT2D eigenvalue weighted by Gasteiger charge is -2.43. The largest absolute Gasteiger partial charge is 0.368 e. The van der Waals surface area contributed by atoms with E-state index in [2.05, 4.69) is 36.1 Å². The molecule has 0 saturated carbocycles. The minimum atomic E-state index is -0.103. The summed E-state index contributed by atoms with van der Waals surface area (Å²) in [5.74, 6) is 0.0848. The molecule has 2 aliphatic heterocycles. The number of amides is 2. The van der Waals surface area contributed by atoms with Gasteiger partial charge in [-0.3, -0.25) is 9.59 Å². The number of hydrogen-bond donors (Lipinski definition) is 0. The van der Waals surface area contributed by atoms with Crippen molar-refractivity contribution < 1.29 is 9.59 Å². The van der Waals surface area contributed by atoms with E-state index in [4.69, 9.17) is 0 Å². The van der Waals surface area contributed by atoms with Crippen molar-refractivity contribution in [1.82, 2.24) is 9.80 Å². The van der Waals surface area contributed by atoms with E-state index < -0.39 is 0 Å². The predicted octanol–water partition coefficient (Wildman–Crippen LogP) is 3.68. The van der Waals surface area contributed by atoms with Crippen molar-refractivity contribution in [3.05, 3.63) is 72.3 Å². The average molecular weight is 418 g/mol. The normalized spacial score (nSPS) is 22.0. The molecule has 31 heavy (non-hydrogen) atoms. The zero-order valence-electron chi connectivity index (χ0n) is 18.2. The summed E-state index contributed by atoms with van der Waals surface area (Å²) in [6.45, 7) is 5.77. The SMILES string of the molecule is CC1CN(c2ccccc2)CCN1C(=O)[C@H]1CCCN(C(=O)/C=C/c2ccccc2)C1. The van der Waals surface area contributed by atoms with Crippen LogP contribution in [0.4, 0.5) is 5.69 Å². The third-order valence-corrected chi connectivity index (χ3v) is 6.33. The molecule has 0 aromatic heterocycles. The second-order valence-electron chi connectivity index (χ2n) is 8.53. The third-order valence-electron chi connectivity index (χ3n) is 6.33. The first-order chi connectivity index (χ1) is 15.1. The molecule has 162 valence electrons. The van der Waals surface area contributed by atoms with E-state index in [0.29, 0.717) is 6.54 Å². The van der Waals surface area contributed by atoms with Crippen molar-refractivity contribution in [1.29, 1.82) is 0 Å². The number of carbonyl (C=O) groups is 2. The summed E-state index contributed by atoms with van der Waals surface area (Å²) in [5, 5.41) is 0. The Kier molecular flexibility index (Phi) is 6.70. The van der Waals surface area contributed by atoms with Gasteiger partial charge in [0.05, 0.1) is 5.92 Å². The standard InChI is InChI=1S/C26H31N3O2/c1-21-19-27(24-12-6-3-7-13-24)17-18-29(21)26(31)23-11-8-16-28(20-23)25(30)15-14-22-9-4-2-5-10-22/h2-7,9-10,12-15,21,23H,8,11,16-20H2,1H3/b15-14+/t21?,23-/m0/s1. The third kappa shape index (κ3) is 5.16. The van der Waals surface area contributed by atoms with Crippen molar-refractivity contribution in [2.24, 2.45) is 5.92 Å². The summed E-state index contributed by atoms with van der Waals surface area (Å²) in [5.41, 5.74) is 2.21. The number of rotatable bonds is 4. The zero-order valence-corrected chi connectivity index (χ0v) is 18.2. The molecule has 0 spiro atoms. The summed E-state index contributed by atoms with van der Waals surface area (Å²) in [6, 6.07) is 20.4. The van der Waals surface area contributed by atoms with Gasteiger partial charge in [-0.15, -0.1) is 0 Å². The molecule has 0 bridgehead atoms. The quantitative estimate of drug-likeness (QED) is 0.713. The van der Waals surface area contributed by atoms with Gasteiger partial charge in [-0.2, -0.15) is 0 Å². The summed E-state index contributed by atoms with van der Waals surface area (Å²) in [6.07, 6.45) is 5.21. The number of piperidine rings is 1. The summed E-state index contributed by atoms with van der Waals surface area (Å²) in [4.78, 5) is 32.2. The maximum Gasteiger partial charge on any atom is 0.246 e. The minimum absolute atomic E-state index is 0.0108. The Labute approximate surface area is 184 Å². The summed E-state index contributed by atoms with van der Waals surface area (Å²) < 4.78 is 0. The number of carbonyl (C=O) groups excluding carboxylic acids is 2. The molecule has 0 aliphatic carbocycles. The zero-order chi connectivity index (χ0) is 21.6. The second kappa shape index (κ2) is 9.82. The van der Waals surface area contributed by atoms with E-state index in [1.165, 1.54) is 5.69 Å². The van der Waals surface area contributed by atoms with Crippen LogP contribution in [-0.4, -0.2) is 60.4 Å². The predicted molar refractivity (Wildman–Crippen MR) is 125 cm³/mol. The molecule has 2 aliphatic rings. The van der Waals surface area contributed by atoms with Gasteiger partial charge < -0.3 is 14.7 Å². The molecule has 0 N–H and O–H groups in total. The highest BCUT2D eigenvalue weighted by atomic mass is 16.2. The first-order valence-electron chi connectivity index (χ1n) is 11.2. The average Bonchev–Trinajstić information content (AvgIpc) is 2.83. The Balaban J connectivity index is 1.34. The van der Waals surface area contributed by atoms with Gasteiger partial charge in [0.2, 0.25) is 11.8 Å². The molecule has 2 aromatic carbocycles. The maximum absolute atomic E-state index is 13.3. The molecule has 5 nitrogen and oxygen atoms in total. The van der Waals surface area contributed by atoms with Crippen LogP contribution in [0, 0.1) is 5.92 Å². The fraction of sp³-hybridized carbons (Fsp3) is 0.385. The first kappa shape index (κ1) is 21.2. The Hall–Kier alpha value is -3.08. The van der Waals surface area contributed by atoms with Crippen LogP contribution in [-0.2, 0) is 9.59 Å². The summed E-state index contributed by atoms with van der Waals surface area (Å²) in [7, 11) is 0. The highest BCUT2D eigenvalue weighted by Crippen LogP contribution is 2.24. The fourth-order valence-corrected chi connectivity index (χ4v) is 4.61. The lowest BCUT2D eigenvalue weighted by molar-refractivity contribution is -0.141. The molecule has 1 unspecified atom stereocenters. The van der Waals surface area contributed by atoms with Crippen molar-refractivity contribution in [3.8, 4) is 0 Å². The van der Waals surface area contributed by atoms with Crippen LogP contribution >= 0.6 is 0 Å². The van der Waals surface area contributed by atoms with Crippen LogP contribution in [0.2, 0.25) is 0 Å². The van der Waals surface area contributed by atoms with Crippen LogP contribution in [0.15, 0.2) is 66.7 Å². The molecule has 2 atom stereocenters. The fourth-order valence-electron chi connectivity index (χ4n) is 4.61. The number of hydrogen-bond acceptors (Lipinski definition) is 3. The lowest BCUT2D eigenvalue weighted by Crippen LogP contribution is -2.57. The van der Waals surface area contributed by atoms with E-state index in [1.807, 2.05) is 52.3 Å². The molecule has 0 radical (unpaired) electrons. The second-order valence-corrected chi connectivity index (χ2v) is 8.53. The van der Waals surface area contributed by atoms with E-state index in [0.717, 1.165) is 44.6 Å². The Morgan fingerprint density at radius 3 is 2.32 bits per heavy atom. The van der Waals surface area contributed by atoms with Gasteiger partial charge in [0.1, 0.15) is 0 Å². The first-order valence-corrected chi connectivity index (χ1v) is 11.2. The Morgan fingerprint density at radius 1 is 0.903 bits per heavy atom. The molecule has 4 rings (SSSR count).